The van der Waals surface area contributed by atoms with Gasteiger partial charge >= 0.3 is 0 Å². The second-order valence-corrected chi connectivity index (χ2v) is 4.55. The van der Waals surface area contributed by atoms with Gasteiger partial charge in [0, 0.05) is 17.4 Å². The first-order valence-corrected chi connectivity index (χ1v) is 5.67. The third-order valence-electron chi connectivity index (χ3n) is 1.94. The van der Waals surface area contributed by atoms with Crippen molar-refractivity contribution in [2.75, 3.05) is 5.75 Å². The molecule has 0 aromatic carbocycles. The predicted molar refractivity (Wildman–Crippen MR) is 56.2 cm³/mol. The Hall–Kier alpha value is -0.670. The highest BCUT2D eigenvalue weighted by Crippen LogP contribution is 2.19. The number of thioether (sulfide) groups is 1. The molecule has 0 saturated heterocycles. The molecule has 2 atom stereocenters. The molecule has 0 radical (unpaired) electrons. The minimum Gasteiger partial charge on any atom is -0.198 e. The number of rotatable bonds is 6. The first-order chi connectivity index (χ1) is 6.24. The summed E-state index contributed by atoms with van der Waals surface area (Å²) in [5.74, 6) is 0.923. The zero-order valence-corrected chi connectivity index (χ0v) is 9.10. The highest BCUT2D eigenvalue weighted by Gasteiger charge is 2.09. The second kappa shape index (κ2) is 7.95. The zero-order chi connectivity index (χ0) is 10.1. The van der Waals surface area contributed by atoms with Crippen molar-refractivity contribution in [3.05, 3.63) is 0 Å². The van der Waals surface area contributed by atoms with Crippen molar-refractivity contribution in [2.24, 2.45) is 5.92 Å². The molecule has 0 aromatic heterocycles. The molecule has 2 unspecified atom stereocenters. The van der Waals surface area contributed by atoms with Gasteiger partial charge in [0.25, 0.3) is 0 Å². The van der Waals surface area contributed by atoms with E-state index in [1.165, 1.54) is 0 Å². The maximum atomic E-state index is 8.77. The van der Waals surface area contributed by atoms with Crippen LogP contribution in [0.5, 0.6) is 0 Å². The largest absolute Gasteiger partial charge is 0.198 e. The molecule has 0 spiro atoms. The topological polar surface area (TPSA) is 47.6 Å². The van der Waals surface area contributed by atoms with Crippen molar-refractivity contribution in [2.45, 2.75) is 38.4 Å². The summed E-state index contributed by atoms with van der Waals surface area (Å²) in [6.45, 7) is 4.32. The van der Waals surface area contributed by atoms with E-state index in [1.54, 1.807) is 0 Å². The van der Waals surface area contributed by atoms with Crippen LogP contribution < -0.4 is 0 Å². The molecule has 2 nitrogen and oxygen atoms in total. The average Bonchev–Trinajstić information content (AvgIpc) is 2.17. The minimum absolute atomic E-state index is 0.0543. The van der Waals surface area contributed by atoms with E-state index in [2.05, 4.69) is 26.0 Å². The molecule has 0 aliphatic carbocycles. The Morgan fingerprint density at radius 2 is 2.08 bits per heavy atom. The average molecular weight is 196 g/mol. The van der Waals surface area contributed by atoms with Crippen molar-refractivity contribution < 1.29 is 0 Å². The molecular weight excluding hydrogens is 180 g/mol. The van der Waals surface area contributed by atoms with Crippen LogP contribution in [0.25, 0.3) is 0 Å². The third-order valence-corrected chi connectivity index (χ3v) is 3.44. The van der Waals surface area contributed by atoms with Crippen LogP contribution in [0.2, 0.25) is 0 Å². The lowest BCUT2D eigenvalue weighted by Crippen LogP contribution is -2.04. The van der Waals surface area contributed by atoms with E-state index in [0.29, 0.717) is 11.7 Å². The summed E-state index contributed by atoms with van der Waals surface area (Å²) < 4.78 is 0. The number of nitrogens with zero attached hydrogens (tertiary/aromatic N) is 2. The van der Waals surface area contributed by atoms with E-state index in [0.717, 1.165) is 18.6 Å². The fourth-order valence-electron chi connectivity index (χ4n) is 0.822. The van der Waals surface area contributed by atoms with E-state index < -0.39 is 0 Å². The van der Waals surface area contributed by atoms with Crippen LogP contribution in [0.15, 0.2) is 0 Å². The predicted octanol–water partition coefficient (Wildman–Crippen LogP) is 2.96. The van der Waals surface area contributed by atoms with Crippen molar-refractivity contribution >= 4 is 11.8 Å². The quantitative estimate of drug-likeness (QED) is 0.656. The van der Waals surface area contributed by atoms with Crippen LogP contribution in [0.3, 0.4) is 0 Å². The van der Waals surface area contributed by atoms with E-state index >= 15 is 0 Å². The first kappa shape index (κ1) is 12.3. The lowest BCUT2D eigenvalue weighted by atomic mass is 10.1. The lowest BCUT2D eigenvalue weighted by Gasteiger charge is -2.10. The SMILES string of the molecule is CCC(C)SCC(C#N)CCC#N. The molecule has 0 aliphatic rings. The van der Waals surface area contributed by atoms with Gasteiger partial charge in [0.15, 0.2) is 0 Å². The van der Waals surface area contributed by atoms with Gasteiger partial charge < -0.3 is 0 Å². The Morgan fingerprint density at radius 1 is 1.38 bits per heavy atom. The number of hydrogen-bond donors (Lipinski definition) is 0. The van der Waals surface area contributed by atoms with Gasteiger partial charge in [-0.25, -0.2) is 0 Å². The fourth-order valence-corrected chi connectivity index (χ4v) is 1.86. The molecule has 13 heavy (non-hydrogen) atoms. The molecule has 0 rings (SSSR count). The smallest absolute Gasteiger partial charge is 0.0664 e. The molecule has 0 heterocycles. The van der Waals surface area contributed by atoms with E-state index in [-0.39, 0.29) is 5.92 Å². The van der Waals surface area contributed by atoms with Crippen molar-refractivity contribution in [3.63, 3.8) is 0 Å². The van der Waals surface area contributed by atoms with Crippen molar-refractivity contribution in [3.8, 4) is 12.1 Å². The molecule has 0 fully saturated rings. The van der Waals surface area contributed by atoms with Gasteiger partial charge in [-0.2, -0.15) is 22.3 Å². The van der Waals surface area contributed by atoms with Gasteiger partial charge in [0.1, 0.15) is 0 Å². The maximum absolute atomic E-state index is 8.77. The van der Waals surface area contributed by atoms with Crippen molar-refractivity contribution in [1.29, 1.82) is 10.5 Å². The highest BCUT2D eigenvalue weighted by atomic mass is 32.2. The molecule has 0 amide bonds. The Bertz CT molecular complexity index is 202. The van der Waals surface area contributed by atoms with Crippen LogP contribution in [-0.2, 0) is 0 Å². The summed E-state index contributed by atoms with van der Waals surface area (Å²) in [7, 11) is 0. The van der Waals surface area contributed by atoms with Gasteiger partial charge in [-0.15, -0.1) is 0 Å². The van der Waals surface area contributed by atoms with Crippen LogP contribution in [-0.4, -0.2) is 11.0 Å². The number of nitriles is 2. The Balaban J connectivity index is 3.62. The summed E-state index contributed by atoms with van der Waals surface area (Å²) in [6, 6.07) is 4.32. The van der Waals surface area contributed by atoms with Gasteiger partial charge in [-0.1, -0.05) is 13.8 Å². The molecule has 0 aromatic rings. The standard InChI is InChI=1S/C10H16N2S/c1-3-9(2)13-8-10(7-12)5-4-6-11/h9-10H,3-5,8H2,1-2H3. The van der Waals surface area contributed by atoms with Crippen LogP contribution >= 0.6 is 11.8 Å². The maximum Gasteiger partial charge on any atom is 0.0664 e. The van der Waals surface area contributed by atoms with Crippen LogP contribution in [0.1, 0.15) is 33.1 Å². The summed E-state index contributed by atoms with van der Waals surface area (Å²) >= 11 is 1.83. The minimum atomic E-state index is 0.0543. The summed E-state index contributed by atoms with van der Waals surface area (Å²) in [5.41, 5.74) is 0. The fraction of sp³-hybridized carbons (Fsp3) is 0.800. The third kappa shape index (κ3) is 6.49. The highest BCUT2D eigenvalue weighted by molar-refractivity contribution is 7.99. The van der Waals surface area contributed by atoms with E-state index in [4.69, 9.17) is 10.5 Å². The summed E-state index contributed by atoms with van der Waals surface area (Å²) in [4.78, 5) is 0. The second-order valence-electron chi connectivity index (χ2n) is 3.08. The summed E-state index contributed by atoms with van der Waals surface area (Å²) in [5, 5.41) is 17.8. The monoisotopic (exact) mass is 196 g/mol. The Kier molecular flexibility index (Phi) is 7.54. The van der Waals surface area contributed by atoms with Crippen LogP contribution in [0.4, 0.5) is 0 Å². The molecule has 72 valence electrons. The molecular formula is C10H16N2S. The van der Waals surface area contributed by atoms with Crippen LogP contribution in [0, 0.1) is 28.6 Å². The molecule has 0 saturated carbocycles. The van der Waals surface area contributed by atoms with Gasteiger partial charge in [-0.05, 0) is 12.8 Å². The lowest BCUT2D eigenvalue weighted by molar-refractivity contribution is 0.683. The Labute approximate surface area is 84.9 Å². The van der Waals surface area contributed by atoms with Gasteiger partial charge in [0.2, 0.25) is 0 Å². The van der Waals surface area contributed by atoms with E-state index in [9.17, 15) is 0 Å². The van der Waals surface area contributed by atoms with E-state index in [1.807, 2.05) is 11.8 Å². The molecule has 0 aliphatic heterocycles. The molecule has 3 heteroatoms. The normalized spacial score (nSPS) is 14.2. The Morgan fingerprint density at radius 3 is 2.54 bits per heavy atom. The van der Waals surface area contributed by atoms with Gasteiger partial charge in [-0.3, -0.25) is 0 Å². The van der Waals surface area contributed by atoms with Crippen molar-refractivity contribution in [1.82, 2.24) is 0 Å². The van der Waals surface area contributed by atoms with Gasteiger partial charge in [0.05, 0.1) is 18.1 Å². The molecule has 0 bridgehead atoms. The number of hydrogen-bond acceptors (Lipinski definition) is 3. The zero-order valence-electron chi connectivity index (χ0n) is 8.29. The molecule has 0 N–H and O–H groups in total. The summed E-state index contributed by atoms with van der Waals surface area (Å²) in [6.07, 6.45) is 2.36. The first-order valence-electron chi connectivity index (χ1n) is 4.62.